The normalized spacial score (nSPS) is 19.3. The molecule has 0 bridgehead atoms. The highest BCUT2D eigenvalue weighted by Crippen LogP contribution is 2.25. The van der Waals surface area contributed by atoms with E-state index < -0.39 is 0 Å². The summed E-state index contributed by atoms with van der Waals surface area (Å²) >= 11 is 0. The minimum absolute atomic E-state index is 0.00568. The van der Waals surface area contributed by atoms with Gasteiger partial charge < -0.3 is 4.74 Å². The molecule has 18 heavy (non-hydrogen) atoms. The van der Waals surface area contributed by atoms with Crippen LogP contribution in [0, 0.1) is 5.41 Å². The summed E-state index contributed by atoms with van der Waals surface area (Å²) < 4.78 is 5.66. The van der Waals surface area contributed by atoms with Gasteiger partial charge in [0.2, 0.25) is 0 Å². The molecule has 2 nitrogen and oxygen atoms in total. The fourth-order valence-corrected chi connectivity index (χ4v) is 1.94. The third-order valence-corrected chi connectivity index (χ3v) is 3.15. The van der Waals surface area contributed by atoms with Crippen LogP contribution in [0.1, 0.15) is 47.5 Å². The van der Waals surface area contributed by atoms with Gasteiger partial charge in [-0.25, -0.2) is 0 Å². The molecule has 0 spiro atoms. The minimum atomic E-state index is -0.00568. The zero-order chi connectivity index (χ0) is 13.6. The Morgan fingerprint density at radius 2 is 2.11 bits per heavy atom. The van der Waals surface area contributed by atoms with Crippen molar-refractivity contribution in [2.75, 3.05) is 13.2 Å². The van der Waals surface area contributed by atoms with Crippen molar-refractivity contribution in [1.29, 1.82) is 0 Å². The standard InChI is InChI=1S/C16H27NO/c1-13(2)7-6-8-14(3)9-10-16(4,5)15-17-11-12-18-15/h7,10,15,17H,6,8,11-12H2,1-5H3/t9?,15-/m0/s1. The van der Waals surface area contributed by atoms with Crippen molar-refractivity contribution < 1.29 is 4.74 Å². The Hall–Kier alpha value is -0.820. The van der Waals surface area contributed by atoms with Crippen LogP contribution in [0.25, 0.3) is 0 Å². The molecule has 1 aliphatic heterocycles. The summed E-state index contributed by atoms with van der Waals surface area (Å²) in [5.74, 6) is 0. The second-order valence-electron chi connectivity index (χ2n) is 5.92. The molecule has 0 aromatic carbocycles. The Bertz CT molecular complexity index is 349. The first kappa shape index (κ1) is 15.2. The van der Waals surface area contributed by atoms with E-state index in [1.165, 1.54) is 11.1 Å². The van der Waals surface area contributed by atoms with E-state index in [0.29, 0.717) is 0 Å². The van der Waals surface area contributed by atoms with E-state index in [1.807, 2.05) is 0 Å². The van der Waals surface area contributed by atoms with Gasteiger partial charge >= 0.3 is 0 Å². The van der Waals surface area contributed by atoms with Gasteiger partial charge in [0.05, 0.1) is 6.61 Å². The van der Waals surface area contributed by atoms with E-state index in [1.54, 1.807) is 0 Å². The lowest BCUT2D eigenvalue weighted by Gasteiger charge is -2.26. The smallest absolute Gasteiger partial charge is 0.117 e. The van der Waals surface area contributed by atoms with Crippen LogP contribution in [0.15, 0.2) is 29.0 Å². The number of hydrogen-bond donors (Lipinski definition) is 1. The largest absolute Gasteiger partial charge is 0.361 e. The molecule has 1 N–H and O–H groups in total. The Morgan fingerprint density at radius 1 is 1.39 bits per heavy atom. The quantitative estimate of drug-likeness (QED) is 0.591. The summed E-state index contributed by atoms with van der Waals surface area (Å²) in [5, 5.41) is 3.37. The first-order valence-electron chi connectivity index (χ1n) is 6.83. The number of rotatable bonds is 5. The molecule has 0 aromatic heterocycles. The van der Waals surface area contributed by atoms with Gasteiger partial charge in [-0.2, -0.15) is 0 Å². The summed E-state index contributed by atoms with van der Waals surface area (Å²) in [5.41, 5.74) is 6.10. The van der Waals surface area contributed by atoms with Crippen molar-refractivity contribution in [3.8, 4) is 0 Å². The maximum atomic E-state index is 5.66. The van der Waals surface area contributed by atoms with E-state index in [2.05, 4.69) is 57.8 Å². The second-order valence-corrected chi connectivity index (χ2v) is 5.92. The Balaban J connectivity index is 2.56. The molecule has 1 aliphatic rings. The predicted octanol–water partition coefficient (Wildman–Crippen LogP) is 3.81. The number of allylic oxidation sites excluding steroid dienone is 2. The van der Waals surface area contributed by atoms with Gasteiger partial charge in [0, 0.05) is 12.0 Å². The average molecular weight is 249 g/mol. The van der Waals surface area contributed by atoms with Gasteiger partial charge in [0.25, 0.3) is 0 Å². The molecular weight excluding hydrogens is 222 g/mol. The first-order valence-corrected chi connectivity index (χ1v) is 6.83. The molecular formula is C16H27NO. The Labute approximate surface area is 112 Å². The third kappa shape index (κ3) is 5.22. The molecule has 0 saturated carbocycles. The zero-order valence-corrected chi connectivity index (χ0v) is 12.5. The number of hydrogen-bond acceptors (Lipinski definition) is 2. The van der Waals surface area contributed by atoms with Crippen molar-refractivity contribution in [2.24, 2.45) is 5.41 Å². The Kier molecular flexibility index (Phi) is 5.87. The lowest BCUT2D eigenvalue weighted by atomic mass is 9.90. The Morgan fingerprint density at radius 3 is 2.67 bits per heavy atom. The molecule has 1 fully saturated rings. The van der Waals surface area contributed by atoms with Gasteiger partial charge in [0.1, 0.15) is 6.23 Å². The lowest BCUT2D eigenvalue weighted by Crippen LogP contribution is -2.36. The van der Waals surface area contributed by atoms with Gasteiger partial charge in [-0.3, -0.25) is 5.32 Å². The fraction of sp³-hybridized carbons (Fsp3) is 0.688. The van der Waals surface area contributed by atoms with Crippen LogP contribution in [-0.4, -0.2) is 19.4 Å². The minimum Gasteiger partial charge on any atom is -0.361 e. The van der Waals surface area contributed by atoms with Crippen LogP contribution < -0.4 is 5.32 Å². The van der Waals surface area contributed by atoms with Crippen molar-refractivity contribution in [3.05, 3.63) is 29.0 Å². The highest BCUT2D eigenvalue weighted by molar-refractivity contribution is 5.06. The maximum absolute atomic E-state index is 5.66. The summed E-state index contributed by atoms with van der Waals surface area (Å²) in [4.78, 5) is 0. The van der Waals surface area contributed by atoms with Crippen LogP contribution >= 0.6 is 0 Å². The molecule has 102 valence electrons. The van der Waals surface area contributed by atoms with Crippen LogP contribution in [0.3, 0.4) is 0 Å². The first-order chi connectivity index (χ1) is 8.42. The van der Waals surface area contributed by atoms with Crippen LogP contribution in [0.4, 0.5) is 0 Å². The molecule has 0 radical (unpaired) electrons. The van der Waals surface area contributed by atoms with Crippen molar-refractivity contribution in [2.45, 2.75) is 53.7 Å². The molecule has 1 atom stereocenters. The number of nitrogens with one attached hydrogen (secondary N) is 1. The third-order valence-electron chi connectivity index (χ3n) is 3.15. The topological polar surface area (TPSA) is 21.3 Å². The lowest BCUT2D eigenvalue weighted by molar-refractivity contribution is 0.0320. The van der Waals surface area contributed by atoms with Gasteiger partial charge in [0.15, 0.2) is 0 Å². The number of ether oxygens (including phenoxy) is 1. The van der Waals surface area contributed by atoms with E-state index in [9.17, 15) is 0 Å². The SMILES string of the molecule is CC(=C=CC(C)(C)[C@H]1NCCO1)CCC=C(C)C. The van der Waals surface area contributed by atoms with E-state index in [0.717, 1.165) is 26.0 Å². The highest BCUT2D eigenvalue weighted by Gasteiger charge is 2.30. The molecule has 0 unspecified atom stereocenters. The molecule has 1 saturated heterocycles. The fourth-order valence-electron chi connectivity index (χ4n) is 1.94. The van der Waals surface area contributed by atoms with E-state index in [4.69, 9.17) is 4.74 Å². The van der Waals surface area contributed by atoms with Gasteiger partial charge in [-0.1, -0.05) is 25.5 Å². The zero-order valence-electron chi connectivity index (χ0n) is 12.5. The molecule has 0 aliphatic carbocycles. The average Bonchev–Trinajstić information content (AvgIpc) is 2.80. The predicted molar refractivity (Wildman–Crippen MR) is 77.5 cm³/mol. The monoisotopic (exact) mass is 249 g/mol. The van der Waals surface area contributed by atoms with Crippen LogP contribution in [0.5, 0.6) is 0 Å². The van der Waals surface area contributed by atoms with E-state index >= 15 is 0 Å². The summed E-state index contributed by atoms with van der Waals surface area (Å²) in [7, 11) is 0. The van der Waals surface area contributed by atoms with E-state index in [-0.39, 0.29) is 11.6 Å². The van der Waals surface area contributed by atoms with Crippen LogP contribution in [-0.2, 0) is 4.74 Å². The molecule has 0 amide bonds. The van der Waals surface area contributed by atoms with Crippen LogP contribution in [0.2, 0.25) is 0 Å². The molecule has 1 heterocycles. The molecule has 2 heteroatoms. The van der Waals surface area contributed by atoms with Crippen molar-refractivity contribution in [1.82, 2.24) is 5.32 Å². The summed E-state index contributed by atoms with van der Waals surface area (Å²) in [6.45, 7) is 12.6. The maximum Gasteiger partial charge on any atom is 0.117 e. The summed E-state index contributed by atoms with van der Waals surface area (Å²) in [6.07, 6.45) is 6.73. The van der Waals surface area contributed by atoms with Gasteiger partial charge in [-0.15, -0.1) is 5.73 Å². The highest BCUT2D eigenvalue weighted by atomic mass is 16.5. The molecule has 0 aromatic rings. The van der Waals surface area contributed by atoms with Gasteiger partial charge in [-0.05, 0) is 45.3 Å². The summed E-state index contributed by atoms with van der Waals surface area (Å²) in [6, 6.07) is 0. The van der Waals surface area contributed by atoms with Crippen molar-refractivity contribution in [3.63, 3.8) is 0 Å². The van der Waals surface area contributed by atoms with Crippen molar-refractivity contribution >= 4 is 0 Å². The molecule has 1 rings (SSSR count). The second kappa shape index (κ2) is 6.94.